The Morgan fingerprint density at radius 2 is 1.28 bits per heavy atom. The lowest BCUT2D eigenvalue weighted by molar-refractivity contribution is 0.102. The van der Waals surface area contributed by atoms with Crippen LogP contribution in [0.5, 0.6) is 0 Å². The number of amides is 1. The van der Waals surface area contributed by atoms with E-state index in [1.807, 2.05) is 18.2 Å². The molecular formula is C19H14BrNO3S. The van der Waals surface area contributed by atoms with Gasteiger partial charge in [0.15, 0.2) is 0 Å². The number of hydrogen-bond donors (Lipinski definition) is 1. The number of carbonyl (C=O) groups is 1. The summed E-state index contributed by atoms with van der Waals surface area (Å²) < 4.78 is 26.0. The van der Waals surface area contributed by atoms with Gasteiger partial charge in [-0.15, -0.1) is 0 Å². The van der Waals surface area contributed by atoms with Gasteiger partial charge in [0, 0.05) is 15.7 Å². The summed E-state index contributed by atoms with van der Waals surface area (Å²) in [4.78, 5) is 12.6. The fourth-order valence-corrected chi connectivity index (χ4v) is 3.79. The Hall–Kier alpha value is -2.44. The quantitative estimate of drug-likeness (QED) is 0.680. The second-order valence-corrected chi connectivity index (χ2v) is 8.17. The van der Waals surface area contributed by atoms with Crippen molar-refractivity contribution in [2.75, 3.05) is 5.32 Å². The minimum absolute atomic E-state index is 0.145. The molecule has 0 radical (unpaired) electrons. The number of hydrogen-bond acceptors (Lipinski definition) is 3. The summed E-state index contributed by atoms with van der Waals surface area (Å²) in [6.45, 7) is 0. The van der Waals surface area contributed by atoms with Gasteiger partial charge < -0.3 is 5.32 Å². The summed E-state index contributed by atoms with van der Waals surface area (Å²) in [5.41, 5.74) is 1.07. The molecule has 0 aliphatic carbocycles. The third kappa shape index (κ3) is 3.97. The normalized spacial score (nSPS) is 11.1. The van der Waals surface area contributed by atoms with Crippen LogP contribution in [0.3, 0.4) is 0 Å². The smallest absolute Gasteiger partial charge is 0.255 e. The minimum atomic E-state index is -3.61. The summed E-state index contributed by atoms with van der Waals surface area (Å²) in [7, 11) is -3.61. The van der Waals surface area contributed by atoms with Crippen LogP contribution in [0.25, 0.3) is 0 Å². The van der Waals surface area contributed by atoms with Crippen molar-refractivity contribution < 1.29 is 13.2 Å². The van der Waals surface area contributed by atoms with Crippen LogP contribution in [0.2, 0.25) is 0 Å². The van der Waals surface area contributed by atoms with Crippen LogP contribution in [0.1, 0.15) is 10.4 Å². The van der Waals surface area contributed by atoms with Crippen LogP contribution in [0, 0.1) is 0 Å². The monoisotopic (exact) mass is 415 g/mol. The fraction of sp³-hybridized carbons (Fsp3) is 0. The molecule has 0 unspecified atom stereocenters. The van der Waals surface area contributed by atoms with Crippen LogP contribution >= 0.6 is 15.9 Å². The Balaban J connectivity index is 1.82. The molecule has 4 nitrogen and oxygen atoms in total. The van der Waals surface area contributed by atoms with Gasteiger partial charge in [-0.3, -0.25) is 4.79 Å². The van der Waals surface area contributed by atoms with Gasteiger partial charge in [-0.05, 0) is 60.7 Å². The van der Waals surface area contributed by atoms with Gasteiger partial charge in [-0.2, -0.15) is 0 Å². The third-order valence-corrected chi connectivity index (χ3v) is 5.90. The minimum Gasteiger partial charge on any atom is -0.322 e. The van der Waals surface area contributed by atoms with Crippen molar-refractivity contribution in [1.82, 2.24) is 0 Å². The number of para-hydroxylation sites is 1. The molecule has 0 spiro atoms. The van der Waals surface area contributed by atoms with Crippen molar-refractivity contribution in [3.63, 3.8) is 0 Å². The molecule has 3 rings (SSSR count). The molecule has 0 fully saturated rings. The number of rotatable bonds is 4. The van der Waals surface area contributed by atoms with Crippen LogP contribution in [0.15, 0.2) is 93.1 Å². The van der Waals surface area contributed by atoms with Gasteiger partial charge in [-0.1, -0.05) is 34.1 Å². The van der Waals surface area contributed by atoms with Crippen molar-refractivity contribution in [3.05, 3.63) is 88.9 Å². The Labute approximate surface area is 154 Å². The maximum absolute atomic E-state index is 12.6. The average molecular weight is 416 g/mol. The first-order chi connectivity index (χ1) is 12.0. The predicted molar refractivity (Wildman–Crippen MR) is 100 cm³/mol. The summed E-state index contributed by atoms with van der Waals surface area (Å²) >= 11 is 3.28. The maximum atomic E-state index is 12.6. The summed E-state index contributed by atoms with van der Waals surface area (Å²) in [6.07, 6.45) is 0. The van der Waals surface area contributed by atoms with Crippen LogP contribution in [-0.4, -0.2) is 14.3 Å². The standard InChI is InChI=1S/C19H14BrNO3S/c20-15-8-12-18(13-9-15)25(23,24)17-10-6-14(7-11-17)19(22)21-16-4-2-1-3-5-16/h1-13H,(H,21,22). The van der Waals surface area contributed by atoms with E-state index in [4.69, 9.17) is 0 Å². The van der Waals surface area contributed by atoms with Gasteiger partial charge in [0.2, 0.25) is 9.84 Å². The molecule has 0 aliphatic rings. The number of carbonyl (C=O) groups excluding carboxylic acids is 1. The first-order valence-corrected chi connectivity index (χ1v) is 9.71. The lowest BCUT2D eigenvalue weighted by Gasteiger charge is -2.07. The van der Waals surface area contributed by atoms with E-state index in [-0.39, 0.29) is 15.7 Å². The highest BCUT2D eigenvalue weighted by molar-refractivity contribution is 9.10. The molecule has 0 heterocycles. The van der Waals surface area contributed by atoms with Gasteiger partial charge >= 0.3 is 0 Å². The first kappa shape index (κ1) is 17.4. The zero-order chi connectivity index (χ0) is 17.9. The molecule has 6 heteroatoms. The molecule has 1 N–H and O–H groups in total. The largest absolute Gasteiger partial charge is 0.322 e. The lowest BCUT2D eigenvalue weighted by Crippen LogP contribution is -2.12. The molecule has 0 bridgehead atoms. The fourth-order valence-electron chi connectivity index (χ4n) is 2.26. The SMILES string of the molecule is O=C(Nc1ccccc1)c1ccc(S(=O)(=O)c2ccc(Br)cc2)cc1. The third-order valence-electron chi connectivity index (χ3n) is 3.58. The Kier molecular flexibility index (Phi) is 5.01. The van der Waals surface area contributed by atoms with Gasteiger partial charge in [0.05, 0.1) is 9.79 Å². The van der Waals surface area contributed by atoms with Crippen molar-refractivity contribution in [2.24, 2.45) is 0 Å². The average Bonchev–Trinajstić information content (AvgIpc) is 2.63. The van der Waals surface area contributed by atoms with Crippen LogP contribution in [-0.2, 0) is 9.84 Å². The second-order valence-electron chi connectivity index (χ2n) is 5.30. The first-order valence-electron chi connectivity index (χ1n) is 7.44. The van der Waals surface area contributed by atoms with Crippen molar-refractivity contribution >= 4 is 37.4 Å². The highest BCUT2D eigenvalue weighted by Crippen LogP contribution is 2.23. The maximum Gasteiger partial charge on any atom is 0.255 e. The van der Waals surface area contributed by atoms with E-state index < -0.39 is 9.84 Å². The highest BCUT2D eigenvalue weighted by Gasteiger charge is 2.18. The van der Waals surface area contributed by atoms with E-state index in [1.165, 1.54) is 36.4 Å². The zero-order valence-electron chi connectivity index (χ0n) is 13.0. The molecule has 0 aliphatic heterocycles. The molecule has 25 heavy (non-hydrogen) atoms. The van der Waals surface area contributed by atoms with E-state index in [0.717, 1.165) is 4.47 Å². The molecule has 0 atom stereocenters. The van der Waals surface area contributed by atoms with E-state index in [9.17, 15) is 13.2 Å². The number of benzene rings is 3. The van der Waals surface area contributed by atoms with E-state index in [1.54, 1.807) is 24.3 Å². The summed E-state index contributed by atoms with van der Waals surface area (Å²) in [5, 5.41) is 2.76. The molecule has 3 aromatic rings. The molecule has 1 amide bonds. The Morgan fingerprint density at radius 3 is 1.84 bits per heavy atom. The number of halogens is 1. The van der Waals surface area contributed by atoms with Gasteiger partial charge in [-0.25, -0.2) is 8.42 Å². The van der Waals surface area contributed by atoms with E-state index >= 15 is 0 Å². The summed E-state index contributed by atoms with van der Waals surface area (Å²) in [6, 6.07) is 21.4. The molecule has 126 valence electrons. The lowest BCUT2D eigenvalue weighted by atomic mass is 10.2. The highest BCUT2D eigenvalue weighted by atomic mass is 79.9. The second kappa shape index (κ2) is 7.21. The number of nitrogens with one attached hydrogen (secondary N) is 1. The van der Waals surface area contributed by atoms with Gasteiger partial charge in [0.25, 0.3) is 5.91 Å². The van der Waals surface area contributed by atoms with Crippen molar-refractivity contribution in [1.29, 1.82) is 0 Å². The van der Waals surface area contributed by atoms with E-state index in [0.29, 0.717) is 11.3 Å². The molecule has 0 aromatic heterocycles. The molecule has 0 saturated heterocycles. The van der Waals surface area contributed by atoms with E-state index in [2.05, 4.69) is 21.2 Å². The van der Waals surface area contributed by atoms with Crippen LogP contribution < -0.4 is 5.32 Å². The number of anilines is 1. The predicted octanol–water partition coefficient (Wildman–Crippen LogP) is 4.53. The van der Waals surface area contributed by atoms with Gasteiger partial charge in [0.1, 0.15) is 0 Å². The van der Waals surface area contributed by atoms with Crippen LogP contribution in [0.4, 0.5) is 5.69 Å². The van der Waals surface area contributed by atoms with Crippen molar-refractivity contribution in [2.45, 2.75) is 9.79 Å². The van der Waals surface area contributed by atoms with Crippen molar-refractivity contribution in [3.8, 4) is 0 Å². The Morgan fingerprint density at radius 1 is 0.760 bits per heavy atom. The summed E-state index contributed by atoms with van der Waals surface area (Å²) in [5.74, 6) is -0.293. The topological polar surface area (TPSA) is 63.2 Å². The molecular weight excluding hydrogens is 402 g/mol. The Bertz CT molecular complexity index is 983. The zero-order valence-corrected chi connectivity index (χ0v) is 15.4. The molecule has 0 saturated carbocycles. The number of sulfone groups is 1. The molecule has 3 aromatic carbocycles.